The molecule has 1 fully saturated rings. The molecule has 1 aliphatic heterocycles. The predicted molar refractivity (Wildman–Crippen MR) is 82.2 cm³/mol. The van der Waals surface area contributed by atoms with Crippen LogP contribution < -0.4 is 5.32 Å². The summed E-state index contributed by atoms with van der Waals surface area (Å²) in [5.41, 5.74) is -0.162. The molecule has 1 N–H and O–H groups in total. The Hall–Kier alpha value is -1.85. The first-order valence-electron chi connectivity index (χ1n) is 6.43. The standard InChI is InChI=1S/C15H13ClN2O2S/c1-15(12-6-3-7-21-12)13(19)18(14(20)17-15)9-10-4-2-5-11(16)8-10/h2-8H,9H2,1H3,(H,17,20)/t15-/m1/s1. The van der Waals surface area contributed by atoms with Crippen molar-refractivity contribution in [1.29, 1.82) is 0 Å². The lowest BCUT2D eigenvalue weighted by Gasteiger charge is -2.20. The van der Waals surface area contributed by atoms with Gasteiger partial charge in [0.25, 0.3) is 5.91 Å². The van der Waals surface area contributed by atoms with Gasteiger partial charge < -0.3 is 5.32 Å². The molecular formula is C15H13ClN2O2S. The van der Waals surface area contributed by atoms with Crippen LogP contribution in [0, 0.1) is 0 Å². The fraction of sp³-hybridized carbons (Fsp3) is 0.200. The zero-order valence-corrected chi connectivity index (χ0v) is 12.9. The van der Waals surface area contributed by atoms with Crippen molar-refractivity contribution in [2.45, 2.75) is 19.0 Å². The van der Waals surface area contributed by atoms with Crippen molar-refractivity contribution in [2.24, 2.45) is 0 Å². The highest BCUT2D eigenvalue weighted by molar-refractivity contribution is 7.10. The van der Waals surface area contributed by atoms with Crippen molar-refractivity contribution in [1.82, 2.24) is 10.2 Å². The summed E-state index contributed by atoms with van der Waals surface area (Å²) in [5, 5.41) is 5.25. The first-order valence-corrected chi connectivity index (χ1v) is 7.69. The molecule has 0 saturated carbocycles. The molecule has 1 aromatic carbocycles. The van der Waals surface area contributed by atoms with E-state index in [1.165, 1.54) is 16.2 Å². The SMILES string of the molecule is C[C@]1(c2cccs2)NC(=O)N(Cc2cccc(Cl)c2)C1=O. The zero-order valence-electron chi connectivity index (χ0n) is 11.3. The Morgan fingerprint density at radius 1 is 1.29 bits per heavy atom. The molecule has 0 radical (unpaired) electrons. The van der Waals surface area contributed by atoms with Crippen LogP contribution in [-0.2, 0) is 16.9 Å². The molecule has 3 rings (SSSR count). The molecule has 1 aliphatic rings. The maximum absolute atomic E-state index is 12.6. The fourth-order valence-electron chi connectivity index (χ4n) is 2.39. The number of benzene rings is 1. The van der Waals surface area contributed by atoms with Gasteiger partial charge in [-0.3, -0.25) is 9.69 Å². The third kappa shape index (κ3) is 2.43. The number of hydrogen-bond acceptors (Lipinski definition) is 3. The van der Waals surface area contributed by atoms with E-state index in [2.05, 4.69) is 5.32 Å². The van der Waals surface area contributed by atoms with Crippen LogP contribution in [0.15, 0.2) is 41.8 Å². The summed E-state index contributed by atoms with van der Waals surface area (Å²) in [6.07, 6.45) is 0. The van der Waals surface area contributed by atoms with Gasteiger partial charge in [0.15, 0.2) is 5.54 Å². The van der Waals surface area contributed by atoms with Crippen molar-refractivity contribution in [3.63, 3.8) is 0 Å². The molecule has 0 bridgehead atoms. The summed E-state index contributed by atoms with van der Waals surface area (Å²) < 4.78 is 0. The van der Waals surface area contributed by atoms with E-state index in [9.17, 15) is 9.59 Å². The van der Waals surface area contributed by atoms with Crippen LogP contribution in [0.25, 0.3) is 0 Å². The Kier molecular flexibility index (Phi) is 3.47. The van der Waals surface area contributed by atoms with Crippen molar-refractivity contribution in [2.75, 3.05) is 0 Å². The maximum atomic E-state index is 12.6. The van der Waals surface area contributed by atoms with Crippen LogP contribution in [0.2, 0.25) is 5.02 Å². The number of nitrogens with zero attached hydrogens (tertiary/aromatic N) is 1. The van der Waals surface area contributed by atoms with Gasteiger partial charge in [-0.25, -0.2) is 4.79 Å². The van der Waals surface area contributed by atoms with E-state index in [4.69, 9.17) is 11.6 Å². The quantitative estimate of drug-likeness (QED) is 0.881. The van der Waals surface area contributed by atoms with Gasteiger partial charge in [0.2, 0.25) is 0 Å². The normalized spacial score (nSPS) is 21.7. The van der Waals surface area contributed by atoms with E-state index in [1.54, 1.807) is 25.1 Å². The van der Waals surface area contributed by atoms with Crippen molar-refractivity contribution in [3.8, 4) is 0 Å². The molecule has 21 heavy (non-hydrogen) atoms. The second-order valence-electron chi connectivity index (χ2n) is 5.05. The van der Waals surface area contributed by atoms with Crippen LogP contribution in [0.3, 0.4) is 0 Å². The maximum Gasteiger partial charge on any atom is 0.325 e. The summed E-state index contributed by atoms with van der Waals surface area (Å²) in [6, 6.07) is 10.5. The van der Waals surface area contributed by atoms with Crippen molar-refractivity contribution < 1.29 is 9.59 Å². The number of carbonyl (C=O) groups is 2. The monoisotopic (exact) mass is 320 g/mol. The molecule has 1 aromatic heterocycles. The van der Waals surface area contributed by atoms with Gasteiger partial charge in [0.1, 0.15) is 0 Å². The molecule has 0 unspecified atom stereocenters. The highest BCUT2D eigenvalue weighted by Gasteiger charge is 2.49. The summed E-state index contributed by atoms with van der Waals surface area (Å²) in [4.78, 5) is 26.8. The fourth-order valence-corrected chi connectivity index (χ4v) is 3.44. The van der Waals surface area contributed by atoms with Gasteiger partial charge in [-0.2, -0.15) is 0 Å². The molecular weight excluding hydrogens is 308 g/mol. The molecule has 0 aliphatic carbocycles. The lowest BCUT2D eigenvalue weighted by Crippen LogP contribution is -2.40. The van der Waals surface area contributed by atoms with Gasteiger partial charge in [-0.15, -0.1) is 11.3 Å². The first kappa shape index (κ1) is 14.1. The summed E-state index contributed by atoms with van der Waals surface area (Å²) >= 11 is 7.39. The number of hydrogen-bond donors (Lipinski definition) is 1. The molecule has 2 aromatic rings. The van der Waals surface area contributed by atoms with E-state index in [-0.39, 0.29) is 18.5 Å². The lowest BCUT2D eigenvalue weighted by molar-refractivity contribution is -0.131. The minimum Gasteiger partial charge on any atom is -0.319 e. The van der Waals surface area contributed by atoms with Gasteiger partial charge in [0.05, 0.1) is 6.54 Å². The topological polar surface area (TPSA) is 49.4 Å². The summed E-state index contributed by atoms with van der Waals surface area (Å²) in [6.45, 7) is 1.95. The van der Waals surface area contributed by atoms with E-state index in [0.29, 0.717) is 5.02 Å². The van der Waals surface area contributed by atoms with Crippen molar-refractivity contribution in [3.05, 3.63) is 57.2 Å². The smallest absolute Gasteiger partial charge is 0.319 e. The number of urea groups is 1. The molecule has 2 heterocycles. The highest BCUT2D eigenvalue weighted by Crippen LogP contribution is 2.32. The third-order valence-corrected chi connectivity index (χ3v) is 4.85. The Morgan fingerprint density at radius 2 is 2.10 bits per heavy atom. The Balaban J connectivity index is 1.88. The van der Waals surface area contributed by atoms with Gasteiger partial charge in [-0.05, 0) is 36.1 Å². The number of thiophene rings is 1. The number of nitrogens with one attached hydrogen (secondary N) is 1. The largest absolute Gasteiger partial charge is 0.325 e. The first-order chi connectivity index (χ1) is 10.0. The summed E-state index contributed by atoms with van der Waals surface area (Å²) in [5.74, 6) is -0.241. The van der Waals surface area contributed by atoms with Crippen LogP contribution in [0.4, 0.5) is 4.79 Å². The van der Waals surface area contributed by atoms with Crippen LogP contribution in [0.1, 0.15) is 17.4 Å². The number of rotatable bonds is 3. The number of halogens is 1. The van der Waals surface area contributed by atoms with E-state index in [0.717, 1.165) is 10.4 Å². The molecule has 108 valence electrons. The zero-order chi connectivity index (χ0) is 15.0. The minimum atomic E-state index is -0.982. The van der Waals surface area contributed by atoms with E-state index in [1.807, 2.05) is 23.6 Å². The van der Waals surface area contributed by atoms with Crippen LogP contribution >= 0.6 is 22.9 Å². The minimum absolute atomic E-state index is 0.214. The molecule has 3 amide bonds. The van der Waals surface area contributed by atoms with Gasteiger partial charge >= 0.3 is 6.03 Å². The van der Waals surface area contributed by atoms with Crippen molar-refractivity contribution >= 4 is 34.9 Å². The number of imide groups is 1. The number of carbonyl (C=O) groups excluding carboxylic acids is 2. The Bertz CT molecular complexity index is 701. The molecule has 1 atom stereocenters. The van der Waals surface area contributed by atoms with Crippen LogP contribution in [0.5, 0.6) is 0 Å². The predicted octanol–water partition coefficient (Wildman–Crippen LogP) is 3.37. The second kappa shape index (κ2) is 5.16. The second-order valence-corrected chi connectivity index (χ2v) is 6.44. The van der Waals surface area contributed by atoms with Crippen LogP contribution in [-0.4, -0.2) is 16.8 Å². The Labute approximate surface area is 131 Å². The van der Waals surface area contributed by atoms with E-state index < -0.39 is 5.54 Å². The Morgan fingerprint density at radius 3 is 2.76 bits per heavy atom. The molecule has 0 spiro atoms. The van der Waals surface area contributed by atoms with Gasteiger partial charge in [-0.1, -0.05) is 29.8 Å². The van der Waals surface area contributed by atoms with E-state index >= 15 is 0 Å². The number of amides is 3. The highest BCUT2D eigenvalue weighted by atomic mass is 35.5. The third-order valence-electron chi connectivity index (χ3n) is 3.52. The molecule has 6 heteroatoms. The lowest BCUT2D eigenvalue weighted by atomic mass is 10.0. The van der Waals surface area contributed by atoms with Gasteiger partial charge in [0, 0.05) is 9.90 Å². The molecule has 1 saturated heterocycles. The average molecular weight is 321 g/mol. The molecule has 4 nitrogen and oxygen atoms in total. The summed E-state index contributed by atoms with van der Waals surface area (Å²) in [7, 11) is 0. The average Bonchev–Trinajstić information content (AvgIpc) is 3.04.